The van der Waals surface area contributed by atoms with Crippen LogP contribution in [-0.4, -0.2) is 30.5 Å². The summed E-state index contributed by atoms with van der Waals surface area (Å²) in [5.41, 5.74) is 2.04. The molecule has 1 aromatic heterocycles. The number of hydrogen-bond donors (Lipinski definition) is 1. The highest BCUT2D eigenvalue weighted by Gasteiger charge is 2.23. The summed E-state index contributed by atoms with van der Waals surface area (Å²) >= 11 is 0. The van der Waals surface area contributed by atoms with Gasteiger partial charge < -0.3 is 14.8 Å². The van der Waals surface area contributed by atoms with Crippen molar-refractivity contribution in [2.24, 2.45) is 7.05 Å². The molecular formula is C15H21N3O2. The van der Waals surface area contributed by atoms with Crippen molar-refractivity contribution in [1.29, 1.82) is 0 Å². The minimum atomic E-state index is -0.0415. The second-order valence-electron chi connectivity index (χ2n) is 4.41. The predicted octanol–water partition coefficient (Wildman–Crippen LogP) is 2.14. The first-order chi connectivity index (χ1) is 9.72. The predicted molar refractivity (Wildman–Crippen MR) is 78.3 cm³/mol. The molecular weight excluding hydrogens is 254 g/mol. The summed E-state index contributed by atoms with van der Waals surface area (Å²) in [5.74, 6) is 1.63. The molecule has 0 spiro atoms. The number of nitrogens with zero attached hydrogens (tertiary/aromatic N) is 2. The van der Waals surface area contributed by atoms with E-state index < -0.39 is 0 Å². The molecule has 0 aliphatic carbocycles. The highest BCUT2D eigenvalue weighted by Crippen LogP contribution is 2.34. The summed E-state index contributed by atoms with van der Waals surface area (Å²) in [6, 6.07) is 7.97. The number of aryl methyl sites for hydroxylation is 1. The lowest BCUT2D eigenvalue weighted by Crippen LogP contribution is -2.22. The third kappa shape index (κ3) is 2.63. The zero-order chi connectivity index (χ0) is 14.5. The molecule has 1 atom stereocenters. The van der Waals surface area contributed by atoms with Gasteiger partial charge in [-0.25, -0.2) is 0 Å². The van der Waals surface area contributed by atoms with Crippen LogP contribution in [0.5, 0.6) is 11.5 Å². The number of nitrogens with one attached hydrogen (secondary N) is 1. The van der Waals surface area contributed by atoms with Gasteiger partial charge in [0.1, 0.15) is 11.4 Å². The molecule has 2 rings (SSSR count). The molecule has 1 unspecified atom stereocenters. The summed E-state index contributed by atoms with van der Waals surface area (Å²) in [5, 5.41) is 7.58. The maximum atomic E-state index is 5.72. The van der Waals surface area contributed by atoms with E-state index in [0.29, 0.717) is 6.61 Å². The van der Waals surface area contributed by atoms with Crippen molar-refractivity contribution in [2.75, 3.05) is 20.8 Å². The van der Waals surface area contributed by atoms with Crippen LogP contribution in [0.3, 0.4) is 0 Å². The second kappa shape index (κ2) is 6.43. The normalized spacial score (nSPS) is 12.2. The molecule has 5 heteroatoms. The van der Waals surface area contributed by atoms with Crippen molar-refractivity contribution in [3.63, 3.8) is 0 Å². The van der Waals surface area contributed by atoms with Crippen molar-refractivity contribution in [3.05, 3.63) is 41.7 Å². The number of aromatic nitrogens is 2. The van der Waals surface area contributed by atoms with Crippen LogP contribution < -0.4 is 14.8 Å². The summed E-state index contributed by atoms with van der Waals surface area (Å²) in [7, 11) is 5.48. The van der Waals surface area contributed by atoms with Gasteiger partial charge in [-0.15, -0.1) is 0 Å². The molecule has 0 amide bonds. The summed E-state index contributed by atoms with van der Waals surface area (Å²) < 4.78 is 12.9. The Labute approximate surface area is 119 Å². The van der Waals surface area contributed by atoms with Crippen LogP contribution in [0.25, 0.3) is 0 Å². The number of benzene rings is 1. The zero-order valence-corrected chi connectivity index (χ0v) is 12.4. The van der Waals surface area contributed by atoms with Gasteiger partial charge in [0.05, 0.1) is 26.0 Å². The van der Waals surface area contributed by atoms with Crippen LogP contribution >= 0.6 is 0 Å². The summed E-state index contributed by atoms with van der Waals surface area (Å²) in [6.45, 7) is 2.62. The van der Waals surface area contributed by atoms with Gasteiger partial charge in [-0.3, -0.25) is 4.68 Å². The summed E-state index contributed by atoms with van der Waals surface area (Å²) in [4.78, 5) is 0. The lowest BCUT2D eigenvalue weighted by Gasteiger charge is -2.21. The zero-order valence-electron chi connectivity index (χ0n) is 12.4. The molecule has 5 nitrogen and oxygen atoms in total. The lowest BCUT2D eigenvalue weighted by atomic mass is 10.0. The Bertz CT molecular complexity index is 566. The first kappa shape index (κ1) is 14.4. The average molecular weight is 275 g/mol. The van der Waals surface area contributed by atoms with Crippen LogP contribution in [0.15, 0.2) is 30.5 Å². The fraction of sp³-hybridized carbons (Fsp3) is 0.400. The largest absolute Gasteiger partial charge is 0.494 e. The molecule has 0 saturated heterocycles. The quantitative estimate of drug-likeness (QED) is 0.877. The van der Waals surface area contributed by atoms with Crippen molar-refractivity contribution >= 4 is 0 Å². The topological polar surface area (TPSA) is 48.3 Å². The highest BCUT2D eigenvalue weighted by molar-refractivity contribution is 5.43. The molecule has 1 aromatic carbocycles. The lowest BCUT2D eigenvalue weighted by molar-refractivity contribution is 0.332. The monoisotopic (exact) mass is 275 g/mol. The van der Waals surface area contributed by atoms with Gasteiger partial charge in [0.2, 0.25) is 0 Å². The standard InChI is InChI=1S/C15H21N3O2/c1-5-20-12-9-7-6-8-11(12)14(16-2)15-13(19-4)10-17-18(15)3/h6-10,14,16H,5H2,1-4H3. The minimum absolute atomic E-state index is 0.0415. The molecule has 1 N–H and O–H groups in total. The molecule has 20 heavy (non-hydrogen) atoms. The maximum absolute atomic E-state index is 5.72. The number of rotatable bonds is 6. The van der Waals surface area contributed by atoms with E-state index in [0.717, 1.165) is 22.8 Å². The first-order valence-electron chi connectivity index (χ1n) is 6.67. The van der Waals surface area contributed by atoms with Gasteiger partial charge in [-0.1, -0.05) is 18.2 Å². The molecule has 0 aliphatic rings. The van der Waals surface area contributed by atoms with Crippen molar-refractivity contribution in [2.45, 2.75) is 13.0 Å². The first-order valence-corrected chi connectivity index (χ1v) is 6.67. The molecule has 0 fully saturated rings. The van der Waals surface area contributed by atoms with E-state index >= 15 is 0 Å². The van der Waals surface area contributed by atoms with E-state index in [4.69, 9.17) is 9.47 Å². The summed E-state index contributed by atoms with van der Waals surface area (Å²) in [6.07, 6.45) is 1.73. The van der Waals surface area contributed by atoms with E-state index in [1.165, 1.54) is 0 Å². The van der Waals surface area contributed by atoms with Crippen molar-refractivity contribution in [3.8, 4) is 11.5 Å². The molecule has 0 aliphatic heterocycles. The van der Waals surface area contributed by atoms with Crippen LogP contribution in [0, 0.1) is 0 Å². The molecule has 0 saturated carbocycles. The van der Waals surface area contributed by atoms with Crippen molar-refractivity contribution in [1.82, 2.24) is 15.1 Å². The van der Waals surface area contributed by atoms with E-state index in [1.54, 1.807) is 13.3 Å². The smallest absolute Gasteiger partial charge is 0.161 e. The Morgan fingerprint density at radius 2 is 2.05 bits per heavy atom. The van der Waals surface area contributed by atoms with Gasteiger partial charge in [0, 0.05) is 12.6 Å². The Morgan fingerprint density at radius 1 is 1.30 bits per heavy atom. The molecule has 0 bridgehead atoms. The van der Waals surface area contributed by atoms with E-state index in [9.17, 15) is 0 Å². The third-order valence-electron chi connectivity index (χ3n) is 3.26. The van der Waals surface area contributed by atoms with Gasteiger partial charge in [0.15, 0.2) is 5.75 Å². The molecule has 2 aromatic rings. The third-order valence-corrected chi connectivity index (χ3v) is 3.26. The average Bonchev–Trinajstić information content (AvgIpc) is 2.83. The Balaban J connectivity index is 2.49. The highest BCUT2D eigenvalue weighted by atomic mass is 16.5. The van der Waals surface area contributed by atoms with Crippen LogP contribution in [-0.2, 0) is 7.05 Å². The van der Waals surface area contributed by atoms with E-state index in [1.807, 2.05) is 43.9 Å². The number of ether oxygens (including phenoxy) is 2. The Hall–Kier alpha value is -2.01. The van der Waals surface area contributed by atoms with Crippen LogP contribution in [0.4, 0.5) is 0 Å². The van der Waals surface area contributed by atoms with Gasteiger partial charge >= 0.3 is 0 Å². The Kier molecular flexibility index (Phi) is 4.63. The number of hydrogen-bond acceptors (Lipinski definition) is 4. The van der Waals surface area contributed by atoms with E-state index in [-0.39, 0.29) is 6.04 Å². The van der Waals surface area contributed by atoms with Crippen LogP contribution in [0.2, 0.25) is 0 Å². The second-order valence-corrected chi connectivity index (χ2v) is 4.41. The number of methoxy groups -OCH3 is 1. The fourth-order valence-electron chi connectivity index (χ4n) is 2.36. The molecule has 1 heterocycles. The molecule has 0 radical (unpaired) electrons. The fourth-order valence-corrected chi connectivity index (χ4v) is 2.36. The maximum Gasteiger partial charge on any atom is 0.161 e. The number of para-hydroxylation sites is 1. The minimum Gasteiger partial charge on any atom is -0.494 e. The van der Waals surface area contributed by atoms with Crippen molar-refractivity contribution < 1.29 is 9.47 Å². The van der Waals surface area contributed by atoms with Gasteiger partial charge in [0.25, 0.3) is 0 Å². The SMILES string of the molecule is CCOc1ccccc1C(NC)c1c(OC)cnn1C. The van der Waals surface area contributed by atoms with Gasteiger partial charge in [-0.2, -0.15) is 5.10 Å². The van der Waals surface area contributed by atoms with Gasteiger partial charge in [-0.05, 0) is 20.0 Å². The molecule has 108 valence electrons. The van der Waals surface area contributed by atoms with Crippen LogP contribution in [0.1, 0.15) is 24.2 Å². The van der Waals surface area contributed by atoms with E-state index in [2.05, 4.69) is 16.5 Å². The Morgan fingerprint density at radius 3 is 2.70 bits per heavy atom.